The van der Waals surface area contributed by atoms with E-state index in [0.717, 1.165) is 40.3 Å². The van der Waals surface area contributed by atoms with E-state index >= 15 is 0 Å². The van der Waals surface area contributed by atoms with Gasteiger partial charge in [-0.05, 0) is 46.6 Å². The van der Waals surface area contributed by atoms with Crippen LogP contribution in [0.15, 0.2) is 53.1 Å². The number of hydrogen-bond acceptors (Lipinski definition) is 3. The Morgan fingerprint density at radius 3 is 2.76 bits per heavy atom. The molecule has 3 aromatic rings. The third-order valence-electron chi connectivity index (χ3n) is 3.64. The molecule has 1 aliphatic rings. The zero-order valence-corrected chi connectivity index (χ0v) is 12.8. The normalized spacial score (nSPS) is 13.0. The van der Waals surface area contributed by atoms with E-state index in [1.807, 2.05) is 47.3 Å². The number of halogens is 1. The molecule has 0 saturated carbocycles. The summed E-state index contributed by atoms with van der Waals surface area (Å²) < 4.78 is 2.99. The number of hydrogen-bond donors (Lipinski definition) is 1. The number of nitrogens with one attached hydrogen (secondary N) is 1. The minimum Gasteiger partial charge on any atom is -0.369 e. The fourth-order valence-electron chi connectivity index (χ4n) is 2.68. The van der Waals surface area contributed by atoms with Gasteiger partial charge in [0, 0.05) is 22.8 Å². The average molecular weight is 341 g/mol. The highest BCUT2D eigenvalue weighted by atomic mass is 79.9. The maximum absolute atomic E-state index is 4.79. The Hall–Kier alpha value is -2.14. The molecule has 2 aromatic heterocycles. The van der Waals surface area contributed by atoms with Crippen molar-refractivity contribution < 1.29 is 0 Å². The summed E-state index contributed by atoms with van der Waals surface area (Å²) in [4.78, 5) is 4.44. The molecular formula is C16H13BrN4. The molecule has 5 heteroatoms. The third kappa shape index (κ3) is 2.05. The first-order chi connectivity index (χ1) is 10.3. The van der Waals surface area contributed by atoms with Gasteiger partial charge in [0.2, 0.25) is 0 Å². The van der Waals surface area contributed by atoms with Crippen molar-refractivity contribution in [2.75, 3.05) is 11.9 Å². The molecule has 4 nitrogen and oxygen atoms in total. The lowest BCUT2D eigenvalue weighted by Crippen LogP contribution is -2.04. The van der Waals surface area contributed by atoms with Crippen LogP contribution in [0.1, 0.15) is 5.56 Å². The number of para-hydroxylation sites is 1. The SMILES string of the molecule is Brc1ccccc1-n1nc(-c2ccccn2)c2c1NCC2. The van der Waals surface area contributed by atoms with Crippen LogP contribution >= 0.6 is 15.9 Å². The van der Waals surface area contributed by atoms with Crippen molar-refractivity contribution in [1.82, 2.24) is 14.8 Å². The summed E-state index contributed by atoms with van der Waals surface area (Å²) in [6.07, 6.45) is 2.78. The number of nitrogens with zero attached hydrogens (tertiary/aromatic N) is 3. The Morgan fingerprint density at radius 2 is 1.95 bits per heavy atom. The van der Waals surface area contributed by atoms with Crippen LogP contribution in [0.25, 0.3) is 17.1 Å². The average Bonchev–Trinajstić information content (AvgIpc) is 3.11. The number of rotatable bonds is 2. The Bertz CT molecular complexity index is 795. The van der Waals surface area contributed by atoms with E-state index < -0.39 is 0 Å². The molecule has 21 heavy (non-hydrogen) atoms. The topological polar surface area (TPSA) is 42.7 Å². The predicted octanol–water partition coefficient (Wildman–Crippen LogP) is 3.66. The predicted molar refractivity (Wildman–Crippen MR) is 86.7 cm³/mol. The molecule has 1 aliphatic heterocycles. The van der Waals surface area contributed by atoms with E-state index in [9.17, 15) is 0 Å². The monoisotopic (exact) mass is 340 g/mol. The Morgan fingerprint density at radius 1 is 1.10 bits per heavy atom. The maximum atomic E-state index is 4.79. The van der Waals surface area contributed by atoms with Crippen LogP contribution in [-0.2, 0) is 6.42 Å². The van der Waals surface area contributed by atoms with Crippen molar-refractivity contribution in [3.63, 3.8) is 0 Å². The van der Waals surface area contributed by atoms with Gasteiger partial charge < -0.3 is 5.32 Å². The van der Waals surface area contributed by atoms with Crippen molar-refractivity contribution >= 4 is 21.7 Å². The summed E-state index contributed by atoms with van der Waals surface area (Å²) in [7, 11) is 0. The molecule has 3 heterocycles. The number of pyridine rings is 1. The number of anilines is 1. The lowest BCUT2D eigenvalue weighted by atomic mass is 10.1. The summed E-state index contributed by atoms with van der Waals surface area (Å²) in [5.41, 5.74) is 4.16. The lowest BCUT2D eigenvalue weighted by molar-refractivity contribution is 0.876. The Balaban J connectivity index is 1.93. The second-order valence-corrected chi connectivity index (χ2v) is 5.79. The third-order valence-corrected chi connectivity index (χ3v) is 4.31. The van der Waals surface area contributed by atoms with Crippen molar-refractivity contribution in [2.24, 2.45) is 0 Å². The first kappa shape index (κ1) is 12.6. The molecule has 0 spiro atoms. The summed E-state index contributed by atoms with van der Waals surface area (Å²) in [6.45, 7) is 0.942. The molecule has 0 saturated heterocycles. The van der Waals surface area contributed by atoms with Gasteiger partial charge in [-0.15, -0.1) is 0 Å². The largest absolute Gasteiger partial charge is 0.369 e. The number of aromatic nitrogens is 3. The van der Waals surface area contributed by atoms with Gasteiger partial charge in [-0.3, -0.25) is 4.98 Å². The van der Waals surface area contributed by atoms with E-state index in [0.29, 0.717) is 0 Å². The van der Waals surface area contributed by atoms with Gasteiger partial charge >= 0.3 is 0 Å². The Labute approximate surface area is 131 Å². The smallest absolute Gasteiger partial charge is 0.133 e. The zero-order valence-electron chi connectivity index (χ0n) is 11.3. The lowest BCUT2D eigenvalue weighted by Gasteiger charge is -2.08. The van der Waals surface area contributed by atoms with Crippen molar-refractivity contribution in [3.8, 4) is 17.1 Å². The van der Waals surface area contributed by atoms with Gasteiger partial charge in [-0.2, -0.15) is 5.10 Å². The highest BCUT2D eigenvalue weighted by Crippen LogP contribution is 2.35. The van der Waals surface area contributed by atoms with E-state index in [1.165, 1.54) is 5.56 Å². The molecule has 0 unspecified atom stereocenters. The molecule has 0 bridgehead atoms. The number of fused-ring (bicyclic) bond motifs is 1. The molecular weight excluding hydrogens is 328 g/mol. The summed E-state index contributed by atoms with van der Waals surface area (Å²) >= 11 is 3.60. The second-order valence-electron chi connectivity index (χ2n) is 4.93. The van der Waals surface area contributed by atoms with Crippen molar-refractivity contribution in [3.05, 3.63) is 58.7 Å². The van der Waals surface area contributed by atoms with Crippen molar-refractivity contribution in [2.45, 2.75) is 6.42 Å². The fourth-order valence-corrected chi connectivity index (χ4v) is 3.13. The van der Waals surface area contributed by atoms with Gasteiger partial charge in [-0.1, -0.05) is 18.2 Å². The molecule has 0 amide bonds. The second kappa shape index (κ2) is 5.00. The van der Waals surface area contributed by atoms with Crippen LogP contribution < -0.4 is 5.32 Å². The van der Waals surface area contributed by atoms with E-state index in [4.69, 9.17) is 5.10 Å². The Kier molecular flexibility index (Phi) is 3.00. The zero-order chi connectivity index (χ0) is 14.2. The van der Waals surface area contributed by atoms with E-state index in [-0.39, 0.29) is 0 Å². The summed E-state index contributed by atoms with van der Waals surface area (Å²) in [5, 5.41) is 8.23. The minimum atomic E-state index is 0.920. The van der Waals surface area contributed by atoms with E-state index in [1.54, 1.807) is 0 Å². The van der Waals surface area contributed by atoms with Crippen molar-refractivity contribution in [1.29, 1.82) is 0 Å². The quantitative estimate of drug-likeness (QED) is 0.774. The molecule has 0 fully saturated rings. The minimum absolute atomic E-state index is 0.920. The molecule has 4 rings (SSSR count). The molecule has 1 aromatic carbocycles. The van der Waals surface area contributed by atoms with Crippen LogP contribution in [0.5, 0.6) is 0 Å². The molecule has 104 valence electrons. The molecule has 0 radical (unpaired) electrons. The molecule has 1 N–H and O–H groups in total. The standard InChI is InChI=1S/C16H13BrN4/c17-12-5-1-2-7-14(12)21-16-11(8-10-19-16)15(20-21)13-6-3-4-9-18-13/h1-7,9,19H,8,10H2. The van der Waals surface area contributed by atoms with Gasteiger partial charge in [0.1, 0.15) is 11.5 Å². The van der Waals surface area contributed by atoms with Gasteiger partial charge in [0.25, 0.3) is 0 Å². The van der Waals surface area contributed by atoms with Crippen LogP contribution in [-0.4, -0.2) is 21.3 Å². The first-order valence-electron chi connectivity index (χ1n) is 6.86. The highest BCUT2D eigenvalue weighted by molar-refractivity contribution is 9.10. The van der Waals surface area contributed by atoms with Crippen LogP contribution in [0, 0.1) is 0 Å². The van der Waals surface area contributed by atoms with Crippen LogP contribution in [0.4, 0.5) is 5.82 Å². The highest BCUT2D eigenvalue weighted by Gasteiger charge is 2.24. The van der Waals surface area contributed by atoms with Crippen LogP contribution in [0.3, 0.4) is 0 Å². The summed E-state index contributed by atoms with van der Waals surface area (Å²) in [6, 6.07) is 14.0. The van der Waals surface area contributed by atoms with Gasteiger partial charge in [0.15, 0.2) is 0 Å². The number of benzene rings is 1. The van der Waals surface area contributed by atoms with Gasteiger partial charge in [0.05, 0.1) is 11.4 Å². The molecule has 0 aliphatic carbocycles. The molecule has 0 atom stereocenters. The van der Waals surface area contributed by atoms with E-state index in [2.05, 4.69) is 32.3 Å². The summed E-state index contributed by atoms with van der Waals surface area (Å²) in [5.74, 6) is 1.07. The fraction of sp³-hybridized carbons (Fsp3) is 0.125. The maximum Gasteiger partial charge on any atom is 0.133 e. The first-order valence-corrected chi connectivity index (χ1v) is 7.66. The van der Waals surface area contributed by atoms with Crippen LogP contribution in [0.2, 0.25) is 0 Å². The van der Waals surface area contributed by atoms with Gasteiger partial charge in [-0.25, -0.2) is 4.68 Å².